The van der Waals surface area contributed by atoms with Gasteiger partial charge in [0.25, 0.3) is 0 Å². The van der Waals surface area contributed by atoms with Crippen LogP contribution in [0.15, 0.2) is 11.1 Å². The number of allylic oxidation sites excluding steroid dienone is 1. The van der Waals surface area contributed by atoms with E-state index in [9.17, 15) is 26.3 Å². The Labute approximate surface area is 72.7 Å². The molecule has 1 unspecified atom stereocenters. The maximum absolute atomic E-state index is 12.1. The van der Waals surface area contributed by atoms with Gasteiger partial charge in [0.05, 0.1) is 0 Å². The molecule has 0 aromatic carbocycles. The number of hydrogen-bond acceptors (Lipinski definition) is 0. The second kappa shape index (κ2) is 3.33. The molecule has 8 heteroatoms. The van der Waals surface area contributed by atoms with Gasteiger partial charge in [0.1, 0.15) is 0 Å². The van der Waals surface area contributed by atoms with Gasteiger partial charge < -0.3 is 0 Å². The van der Waals surface area contributed by atoms with E-state index in [-0.39, 0.29) is 0 Å². The molecule has 0 aliphatic heterocycles. The normalized spacial score (nSPS) is 20.0. The highest BCUT2D eigenvalue weighted by atomic mass is 35.5. The molecule has 0 aromatic heterocycles. The molecule has 0 heterocycles. The first-order chi connectivity index (χ1) is 5.10. The van der Waals surface area contributed by atoms with Crippen LogP contribution < -0.4 is 0 Å². The Bertz CT molecular complexity index is 200. The lowest BCUT2D eigenvalue weighted by molar-refractivity contribution is -0.190. The molecule has 0 rings (SSSR count). The fourth-order valence-electron chi connectivity index (χ4n) is 0.243. The Morgan fingerprint density at radius 3 is 1.42 bits per heavy atom. The van der Waals surface area contributed by atoms with Crippen molar-refractivity contribution in [2.24, 2.45) is 0 Å². The van der Waals surface area contributed by atoms with Gasteiger partial charge in [-0.05, 0) is 11.6 Å². The molecular weight excluding hydrogens is 233 g/mol. The molecule has 0 bridgehead atoms. The predicted octanol–water partition coefficient (Wildman–Crippen LogP) is 3.80. The predicted molar refractivity (Wildman–Crippen MR) is 30.8 cm³/mol. The zero-order valence-corrected chi connectivity index (χ0v) is 6.54. The fraction of sp³-hybridized carbons (Fsp3) is 0.500. The van der Waals surface area contributed by atoms with Gasteiger partial charge in [-0.25, -0.2) is 8.78 Å². The molecule has 1 atom stereocenters. The minimum absolute atomic E-state index is 2.47. The number of rotatable bonds is 1. The zero-order chi connectivity index (χ0) is 10.2. The van der Waals surface area contributed by atoms with Crippen molar-refractivity contribution in [2.45, 2.75) is 11.3 Å². The van der Waals surface area contributed by atoms with E-state index in [1.165, 1.54) is 0 Å². The first-order valence-electron chi connectivity index (χ1n) is 2.26. The van der Waals surface area contributed by atoms with E-state index in [1.807, 2.05) is 0 Å². The van der Waals surface area contributed by atoms with E-state index in [4.69, 9.17) is 0 Å². The molecule has 0 aliphatic carbocycles. The smallest absolute Gasteiger partial charge is 0.208 e. The lowest BCUT2D eigenvalue weighted by Crippen LogP contribution is -2.36. The molecule has 0 spiro atoms. The van der Waals surface area contributed by atoms with Crippen molar-refractivity contribution in [2.75, 3.05) is 0 Å². The Hall–Kier alpha value is -0.100. The number of halogens is 8. The molecule has 0 fully saturated rings. The van der Waals surface area contributed by atoms with Crippen LogP contribution in [-0.4, -0.2) is 11.3 Å². The highest BCUT2D eigenvalue weighted by Crippen LogP contribution is 2.45. The summed E-state index contributed by atoms with van der Waals surface area (Å²) in [5, 5.41) is -7.37. The van der Waals surface area contributed by atoms with Gasteiger partial charge in [-0.1, -0.05) is 11.6 Å². The van der Waals surface area contributed by atoms with E-state index in [1.54, 1.807) is 0 Å². The van der Waals surface area contributed by atoms with E-state index in [0.29, 0.717) is 0 Å². The molecule has 0 amide bonds. The maximum atomic E-state index is 12.1. The second-order valence-electron chi connectivity index (χ2n) is 1.65. The highest BCUT2D eigenvalue weighted by Gasteiger charge is 2.60. The largest absolute Gasteiger partial charge is 0.444 e. The minimum atomic E-state index is -5.76. The quantitative estimate of drug-likeness (QED) is 0.477. The van der Waals surface area contributed by atoms with Crippen LogP contribution in [0.1, 0.15) is 0 Å². The summed E-state index contributed by atoms with van der Waals surface area (Å²) in [6, 6.07) is 0. The van der Waals surface area contributed by atoms with Crippen LogP contribution in [0.25, 0.3) is 0 Å². The van der Waals surface area contributed by atoms with Crippen molar-refractivity contribution in [1.29, 1.82) is 0 Å². The average Bonchev–Trinajstić information content (AvgIpc) is 1.83. The topological polar surface area (TPSA) is 0 Å². The fourth-order valence-corrected chi connectivity index (χ4v) is 0.505. The molecule has 0 aromatic rings. The van der Waals surface area contributed by atoms with Crippen molar-refractivity contribution < 1.29 is 26.3 Å². The van der Waals surface area contributed by atoms with Crippen LogP contribution in [0.3, 0.4) is 0 Å². The zero-order valence-electron chi connectivity index (χ0n) is 5.02. The third kappa shape index (κ3) is 2.20. The molecular formula is C4Cl2F6. The summed E-state index contributed by atoms with van der Waals surface area (Å²) >= 11 is 8.14. The molecule has 0 saturated heterocycles. The van der Waals surface area contributed by atoms with Gasteiger partial charge in [0, 0.05) is 0 Å². The van der Waals surface area contributed by atoms with Crippen molar-refractivity contribution in [1.82, 2.24) is 0 Å². The van der Waals surface area contributed by atoms with E-state index >= 15 is 0 Å². The van der Waals surface area contributed by atoms with Crippen LogP contribution in [0.5, 0.6) is 0 Å². The average molecular weight is 233 g/mol. The standard InChI is InChI=1S/C4Cl2F6/c5-2(8)1(7)3(6,9)4(10,11)12. The summed E-state index contributed by atoms with van der Waals surface area (Å²) in [7, 11) is 0. The SMILES string of the molecule is FC(Cl)=C(F)C(F)(Cl)C(F)(F)F. The van der Waals surface area contributed by atoms with Gasteiger partial charge in [0.2, 0.25) is 11.1 Å². The lowest BCUT2D eigenvalue weighted by atomic mass is 10.3. The molecule has 0 nitrogen and oxygen atoms in total. The molecule has 0 radical (unpaired) electrons. The Kier molecular flexibility index (Phi) is 3.31. The second-order valence-corrected chi connectivity index (χ2v) is 2.50. The summed E-state index contributed by atoms with van der Waals surface area (Å²) < 4.78 is 69.9. The Morgan fingerprint density at radius 1 is 1.00 bits per heavy atom. The Balaban J connectivity index is 5.01. The van der Waals surface area contributed by atoms with Gasteiger partial charge >= 0.3 is 11.3 Å². The van der Waals surface area contributed by atoms with Gasteiger partial charge in [-0.15, -0.1) is 0 Å². The van der Waals surface area contributed by atoms with E-state index in [0.717, 1.165) is 0 Å². The van der Waals surface area contributed by atoms with Gasteiger partial charge in [0.15, 0.2) is 0 Å². The van der Waals surface area contributed by atoms with Crippen LogP contribution in [0.2, 0.25) is 0 Å². The third-order valence-corrected chi connectivity index (χ3v) is 1.34. The van der Waals surface area contributed by atoms with Crippen molar-refractivity contribution in [3.8, 4) is 0 Å². The summed E-state index contributed by atoms with van der Waals surface area (Å²) in [4.78, 5) is 0. The minimum Gasteiger partial charge on any atom is -0.208 e. The van der Waals surface area contributed by atoms with Crippen molar-refractivity contribution >= 4 is 23.2 Å². The number of alkyl halides is 5. The van der Waals surface area contributed by atoms with Gasteiger partial charge in [-0.2, -0.15) is 17.6 Å². The first kappa shape index (κ1) is 11.9. The highest BCUT2D eigenvalue weighted by molar-refractivity contribution is 6.30. The number of hydrogen-bond donors (Lipinski definition) is 0. The van der Waals surface area contributed by atoms with E-state index in [2.05, 4.69) is 23.2 Å². The monoisotopic (exact) mass is 232 g/mol. The van der Waals surface area contributed by atoms with Crippen LogP contribution >= 0.6 is 23.2 Å². The first-order valence-corrected chi connectivity index (χ1v) is 3.02. The van der Waals surface area contributed by atoms with Crippen LogP contribution in [0, 0.1) is 0 Å². The molecule has 0 N–H and O–H groups in total. The van der Waals surface area contributed by atoms with Crippen molar-refractivity contribution in [3.05, 3.63) is 11.1 Å². The summed E-state index contributed by atoms with van der Waals surface area (Å²) in [5.74, 6) is -2.90. The summed E-state index contributed by atoms with van der Waals surface area (Å²) in [5.41, 5.74) is 0. The van der Waals surface area contributed by atoms with Crippen LogP contribution in [-0.2, 0) is 0 Å². The van der Waals surface area contributed by atoms with Gasteiger partial charge in [-0.3, -0.25) is 0 Å². The Morgan fingerprint density at radius 2 is 1.33 bits per heavy atom. The molecule has 0 saturated carbocycles. The molecule has 72 valence electrons. The van der Waals surface area contributed by atoms with Crippen LogP contribution in [0.4, 0.5) is 26.3 Å². The van der Waals surface area contributed by atoms with E-state index < -0.39 is 22.4 Å². The maximum Gasteiger partial charge on any atom is 0.444 e. The molecule has 12 heavy (non-hydrogen) atoms. The summed E-state index contributed by atoms with van der Waals surface area (Å²) in [6.07, 6.45) is -5.76. The summed E-state index contributed by atoms with van der Waals surface area (Å²) in [6.45, 7) is 0. The molecule has 0 aliphatic rings. The third-order valence-electron chi connectivity index (χ3n) is 0.798. The van der Waals surface area contributed by atoms with Crippen molar-refractivity contribution in [3.63, 3.8) is 0 Å². The lowest BCUT2D eigenvalue weighted by Gasteiger charge is -2.18.